The molecule has 0 saturated carbocycles. The molecular weight excluding hydrogens is 585 g/mol. The fourth-order valence-electron chi connectivity index (χ4n) is 5.38. The Morgan fingerprint density at radius 2 is 0.780 bits per heavy atom. The van der Waals surface area contributed by atoms with Crippen LogP contribution >= 0.6 is 0 Å². The Morgan fingerprint density at radius 3 is 1.07 bits per heavy atom. The molecule has 0 radical (unpaired) electrons. The number of benzene rings is 4. The van der Waals surface area contributed by atoms with Crippen molar-refractivity contribution >= 4 is 79.5 Å². The van der Waals surface area contributed by atoms with Gasteiger partial charge in [0.2, 0.25) is 0 Å². The molecule has 0 amide bonds. The molecule has 4 rings (SSSR count). The number of aryl methyl sites for hydroxylation is 4. The standard InChI is InChI=1S/2C16H20O3S.Ca/c2*1-3-6-12-8-5-9-15-14(12)11-10-13(7-4-2)16(15)20(17,18)19;/h2*5,8-11H,3-4,6-7H2,1-2H3,(H,17,18,19);/q;;+2/p-2. The zero-order valence-corrected chi connectivity index (χ0v) is 28.2. The summed E-state index contributed by atoms with van der Waals surface area (Å²) < 4.78 is 69.9. The van der Waals surface area contributed by atoms with Crippen molar-refractivity contribution in [3.8, 4) is 0 Å². The number of hydrogen-bond donors (Lipinski definition) is 0. The van der Waals surface area contributed by atoms with Gasteiger partial charge in [-0.3, -0.25) is 0 Å². The van der Waals surface area contributed by atoms with Crippen LogP contribution in [-0.4, -0.2) is 63.7 Å². The van der Waals surface area contributed by atoms with Crippen LogP contribution in [0.1, 0.15) is 75.6 Å². The van der Waals surface area contributed by atoms with E-state index in [9.17, 15) is 25.9 Å². The molecule has 0 saturated heterocycles. The first-order chi connectivity index (χ1) is 19.0. The second-order valence-electron chi connectivity index (χ2n) is 10.0. The third-order valence-electron chi connectivity index (χ3n) is 6.95. The van der Waals surface area contributed by atoms with Crippen molar-refractivity contribution in [3.05, 3.63) is 82.9 Å². The maximum absolute atomic E-state index is 11.7. The van der Waals surface area contributed by atoms with Gasteiger partial charge in [0.1, 0.15) is 20.2 Å². The van der Waals surface area contributed by atoms with Crippen LogP contribution in [0.5, 0.6) is 0 Å². The molecule has 0 spiro atoms. The fourth-order valence-corrected chi connectivity index (χ4v) is 7.26. The van der Waals surface area contributed by atoms with Gasteiger partial charge in [0, 0.05) is 0 Å². The van der Waals surface area contributed by atoms with Gasteiger partial charge >= 0.3 is 37.7 Å². The monoisotopic (exact) mass is 622 g/mol. The molecule has 0 atom stereocenters. The molecule has 0 aliphatic carbocycles. The Balaban J connectivity index is 0.000000280. The third-order valence-corrected chi connectivity index (χ3v) is 8.91. The summed E-state index contributed by atoms with van der Waals surface area (Å²) in [6.07, 6.45) is 6.54. The van der Waals surface area contributed by atoms with Gasteiger partial charge < -0.3 is 9.11 Å². The van der Waals surface area contributed by atoms with E-state index in [1.54, 1.807) is 24.3 Å². The molecule has 41 heavy (non-hydrogen) atoms. The van der Waals surface area contributed by atoms with Crippen LogP contribution in [0.4, 0.5) is 0 Å². The molecule has 0 aliphatic heterocycles. The van der Waals surface area contributed by atoms with Crippen molar-refractivity contribution in [1.82, 2.24) is 0 Å². The number of fused-ring (bicyclic) bond motifs is 2. The minimum Gasteiger partial charge on any atom is -0.744 e. The predicted molar refractivity (Wildman–Crippen MR) is 166 cm³/mol. The average molecular weight is 623 g/mol. The summed E-state index contributed by atoms with van der Waals surface area (Å²) in [5.41, 5.74) is 3.45. The second kappa shape index (κ2) is 15.8. The maximum atomic E-state index is 11.7. The van der Waals surface area contributed by atoms with E-state index in [4.69, 9.17) is 0 Å². The largest absolute Gasteiger partial charge is 2.00 e. The van der Waals surface area contributed by atoms with Crippen molar-refractivity contribution in [1.29, 1.82) is 0 Å². The molecule has 0 bridgehead atoms. The Morgan fingerprint density at radius 1 is 0.463 bits per heavy atom. The van der Waals surface area contributed by atoms with E-state index >= 15 is 0 Å². The van der Waals surface area contributed by atoms with E-state index in [1.165, 1.54) is 0 Å². The van der Waals surface area contributed by atoms with Crippen molar-refractivity contribution in [2.24, 2.45) is 0 Å². The first-order valence-electron chi connectivity index (χ1n) is 14.0. The van der Waals surface area contributed by atoms with Gasteiger partial charge in [-0.2, -0.15) is 0 Å². The summed E-state index contributed by atoms with van der Waals surface area (Å²) in [5, 5.41) is 2.89. The topological polar surface area (TPSA) is 114 Å². The molecule has 0 N–H and O–H groups in total. The van der Waals surface area contributed by atoms with Crippen LogP contribution in [0.3, 0.4) is 0 Å². The summed E-state index contributed by atoms with van der Waals surface area (Å²) in [4.78, 5) is -0.0652. The van der Waals surface area contributed by atoms with Crippen molar-refractivity contribution < 1.29 is 25.9 Å². The Labute approximate surface area is 275 Å². The summed E-state index contributed by atoms with van der Waals surface area (Å²) in [5.74, 6) is 0. The van der Waals surface area contributed by atoms with Gasteiger partial charge in [0.15, 0.2) is 0 Å². The normalized spacial score (nSPS) is 11.7. The van der Waals surface area contributed by atoms with E-state index in [1.807, 2.05) is 50.2 Å². The van der Waals surface area contributed by atoms with Gasteiger partial charge in [-0.15, -0.1) is 0 Å². The SMILES string of the molecule is CCCc1ccc2c(CCC)cccc2c1S(=O)(=O)[O-].CCCc1ccc2c(CCC)cccc2c1S(=O)(=O)[O-].[Ca+2]. The molecule has 216 valence electrons. The number of rotatable bonds is 10. The van der Waals surface area contributed by atoms with Crippen molar-refractivity contribution in [2.75, 3.05) is 0 Å². The molecule has 0 fully saturated rings. The third kappa shape index (κ3) is 8.75. The van der Waals surface area contributed by atoms with Gasteiger partial charge in [-0.25, -0.2) is 16.8 Å². The quantitative estimate of drug-likeness (QED) is 0.140. The molecule has 6 nitrogen and oxygen atoms in total. The fraction of sp³-hybridized carbons (Fsp3) is 0.375. The summed E-state index contributed by atoms with van der Waals surface area (Å²) in [6.45, 7) is 8.10. The molecule has 9 heteroatoms. The summed E-state index contributed by atoms with van der Waals surface area (Å²) in [7, 11) is -8.93. The maximum Gasteiger partial charge on any atom is 2.00 e. The smallest absolute Gasteiger partial charge is 0.744 e. The van der Waals surface area contributed by atoms with E-state index in [0.29, 0.717) is 34.7 Å². The average Bonchev–Trinajstić information content (AvgIpc) is 2.88. The molecule has 4 aromatic carbocycles. The van der Waals surface area contributed by atoms with E-state index in [-0.39, 0.29) is 47.5 Å². The van der Waals surface area contributed by atoms with Crippen LogP contribution in [0.2, 0.25) is 0 Å². The molecule has 0 aliphatic rings. The van der Waals surface area contributed by atoms with Crippen LogP contribution in [0, 0.1) is 0 Å². The predicted octanol–water partition coefficient (Wildman–Crippen LogP) is 6.92. The van der Waals surface area contributed by atoms with Crippen LogP contribution < -0.4 is 0 Å². The first kappa shape index (κ1) is 35.7. The minimum absolute atomic E-state index is 0. The summed E-state index contributed by atoms with van der Waals surface area (Å²) >= 11 is 0. The van der Waals surface area contributed by atoms with Crippen LogP contribution in [0.15, 0.2) is 70.5 Å². The zero-order valence-electron chi connectivity index (χ0n) is 24.4. The van der Waals surface area contributed by atoms with Crippen molar-refractivity contribution in [3.63, 3.8) is 0 Å². The molecule has 0 aromatic heterocycles. The van der Waals surface area contributed by atoms with E-state index in [0.717, 1.165) is 60.4 Å². The van der Waals surface area contributed by atoms with Crippen LogP contribution in [-0.2, 0) is 45.9 Å². The van der Waals surface area contributed by atoms with Crippen molar-refractivity contribution in [2.45, 2.75) is 88.9 Å². The van der Waals surface area contributed by atoms with E-state index in [2.05, 4.69) is 13.8 Å². The molecular formula is C32H38CaO6S2. The Bertz CT molecular complexity index is 1570. The van der Waals surface area contributed by atoms with Gasteiger partial charge in [-0.05, 0) is 69.5 Å². The minimum atomic E-state index is -4.46. The Kier molecular flexibility index (Phi) is 13.8. The number of hydrogen-bond acceptors (Lipinski definition) is 6. The summed E-state index contributed by atoms with van der Waals surface area (Å²) in [6, 6.07) is 18.6. The van der Waals surface area contributed by atoms with Gasteiger partial charge in [-0.1, -0.05) is 114 Å². The van der Waals surface area contributed by atoms with Crippen LogP contribution in [0.25, 0.3) is 21.5 Å². The zero-order chi connectivity index (χ0) is 29.5. The molecule has 0 heterocycles. The second-order valence-corrected chi connectivity index (χ2v) is 12.7. The first-order valence-corrected chi connectivity index (χ1v) is 16.8. The Hall–Kier alpha value is -1.52. The molecule has 0 unspecified atom stereocenters. The van der Waals surface area contributed by atoms with E-state index < -0.39 is 20.2 Å². The molecule has 4 aromatic rings. The van der Waals surface area contributed by atoms with Gasteiger partial charge in [0.25, 0.3) is 0 Å². The van der Waals surface area contributed by atoms with Gasteiger partial charge in [0.05, 0.1) is 9.79 Å².